The van der Waals surface area contributed by atoms with Gasteiger partial charge in [-0.25, -0.2) is 14.3 Å². The molecule has 1 N–H and O–H groups in total. The molecule has 1 saturated heterocycles. The fourth-order valence-electron chi connectivity index (χ4n) is 3.38. The topological polar surface area (TPSA) is 72.2 Å². The van der Waals surface area contributed by atoms with Crippen LogP contribution in [0.2, 0.25) is 0 Å². The average Bonchev–Trinajstić information content (AvgIpc) is 2.91. The van der Waals surface area contributed by atoms with Crippen LogP contribution < -0.4 is 11.0 Å². The number of carbonyl (C=O) groups is 1. The van der Waals surface area contributed by atoms with Crippen LogP contribution in [-0.2, 0) is 13.6 Å². The van der Waals surface area contributed by atoms with Crippen LogP contribution in [-0.4, -0.2) is 44.9 Å². The Balaban J connectivity index is 1.85. The van der Waals surface area contributed by atoms with Crippen molar-refractivity contribution in [2.75, 3.05) is 19.6 Å². The summed E-state index contributed by atoms with van der Waals surface area (Å²) in [5, 5.41) is 7.33. The lowest BCUT2D eigenvalue weighted by atomic mass is 9.97. The normalized spacial score (nSPS) is 17.5. The lowest BCUT2D eigenvalue weighted by Crippen LogP contribution is -2.45. The van der Waals surface area contributed by atoms with E-state index in [9.17, 15) is 9.59 Å². The van der Waals surface area contributed by atoms with Crippen LogP contribution in [0.1, 0.15) is 37.1 Å². The van der Waals surface area contributed by atoms with Crippen LogP contribution in [0, 0.1) is 0 Å². The van der Waals surface area contributed by atoms with E-state index in [1.165, 1.54) is 4.68 Å². The van der Waals surface area contributed by atoms with Gasteiger partial charge in [0.15, 0.2) is 0 Å². The highest BCUT2D eigenvalue weighted by Gasteiger charge is 2.29. The van der Waals surface area contributed by atoms with Crippen molar-refractivity contribution >= 4 is 6.03 Å². The molecule has 1 atom stereocenters. The summed E-state index contributed by atoms with van der Waals surface area (Å²) in [5.74, 6) is 0.847. The predicted octanol–water partition coefficient (Wildman–Crippen LogP) is 1.54. The number of aromatic nitrogens is 3. The number of carbonyl (C=O) groups excluding carboxylic acids is 1. The highest BCUT2D eigenvalue weighted by atomic mass is 16.2. The summed E-state index contributed by atoms with van der Waals surface area (Å²) >= 11 is 0. The van der Waals surface area contributed by atoms with E-state index in [1.54, 1.807) is 11.6 Å². The minimum absolute atomic E-state index is 0.0416. The molecule has 1 fully saturated rings. The number of amides is 2. The van der Waals surface area contributed by atoms with Crippen LogP contribution in [0.25, 0.3) is 0 Å². The summed E-state index contributed by atoms with van der Waals surface area (Å²) in [6, 6.07) is 9.86. The van der Waals surface area contributed by atoms with E-state index < -0.39 is 0 Å². The number of nitrogens with one attached hydrogen (secondary N) is 1. The zero-order chi connectivity index (χ0) is 17.8. The Bertz CT molecular complexity index is 781. The smallest absolute Gasteiger partial charge is 0.338 e. The molecule has 25 heavy (non-hydrogen) atoms. The molecule has 1 aliphatic rings. The number of hydrogen-bond donors (Lipinski definition) is 1. The summed E-state index contributed by atoms with van der Waals surface area (Å²) < 4.78 is 3.13. The molecule has 0 spiro atoms. The van der Waals surface area contributed by atoms with E-state index in [1.807, 2.05) is 42.2 Å². The van der Waals surface area contributed by atoms with Crippen LogP contribution in [0.5, 0.6) is 0 Å². The second-order valence-electron chi connectivity index (χ2n) is 6.46. The highest BCUT2D eigenvalue weighted by Crippen LogP contribution is 2.25. The maximum Gasteiger partial charge on any atom is 0.345 e. The molecule has 2 aromatic rings. The van der Waals surface area contributed by atoms with Gasteiger partial charge in [0.25, 0.3) is 0 Å². The zero-order valence-corrected chi connectivity index (χ0v) is 14.8. The van der Waals surface area contributed by atoms with Gasteiger partial charge in [0.05, 0.1) is 6.54 Å². The molecule has 1 aromatic carbocycles. The van der Waals surface area contributed by atoms with Crippen molar-refractivity contribution in [1.29, 1.82) is 0 Å². The Labute approximate surface area is 147 Å². The van der Waals surface area contributed by atoms with Gasteiger partial charge in [-0.1, -0.05) is 30.3 Å². The van der Waals surface area contributed by atoms with Gasteiger partial charge in [-0.2, -0.15) is 5.10 Å². The maximum absolute atomic E-state index is 12.5. The summed E-state index contributed by atoms with van der Waals surface area (Å²) in [6.07, 6.45) is 1.85. The molecule has 7 nitrogen and oxygen atoms in total. The van der Waals surface area contributed by atoms with Crippen LogP contribution >= 0.6 is 0 Å². The van der Waals surface area contributed by atoms with E-state index in [4.69, 9.17) is 0 Å². The molecule has 0 aliphatic carbocycles. The van der Waals surface area contributed by atoms with E-state index in [0.29, 0.717) is 19.6 Å². The molecule has 0 saturated carbocycles. The molecule has 7 heteroatoms. The SMILES string of the molecule is CCNC(=O)N1CCCC(c2nn(C)c(=O)n2Cc2ccccc2)C1. The summed E-state index contributed by atoms with van der Waals surface area (Å²) in [7, 11) is 1.68. The predicted molar refractivity (Wildman–Crippen MR) is 95.6 cm³/mol. The maximum atomic E-state index is 12.5. The average molecular weight is 343 g/mol. The molecule has 1 unspecified atom stereocenters. The second-order valence-corrected chi connectivity index (χ2v) is 6.46. The van der Waals surface area contributed by atoms with Crippen molar-refractivity contribution in [2.45, 2.75) is 32.2 Å². The first-order valence-electron chi connectivity index (χ1n) is 8.80. The number of rotatable bonds is 4. The van der Waals surface area contributed by atoms with E-state index >= 15 is 0 Å². The Morgan fingerprint density at radius 2 is 2.08 bits per heavy atom. The molecule has 1 aliphatic heterocycles. The van der Waals surface area contributed by atoms with E-state index in [0.717, 1.165) is 30.8 Å². The fraction of sp³-hybridized carbons (Fsp3) is 0.500. The first kappa shape index (κ1) is 17.3. The minimum atomic E-state index is -0.117. The van der Waals surface area contributed by atoms with Crippen molar-refractivity contribution in [1.82, 2.24) is 24.6 Å². The van der Waals surface area contributed by atoms with Gasteiger partial charge in [-0.05, 0) is 25.3 Å². The van der Waals surface area contributed by atoms with Crippen molar-refractivity contribution in [2.24, 2.45) is 7.05 Å². The lowest BCUT2D eigenvalue weighted by molar-refractivity contribution is 0.178. The van der Waals surface area contributed by atoms with E-state index in [2.05, 4.69) is 10.4 Å². The Morgan fingerprint density at radius 3 is 2.80 bits per heavy atom. The monoisotopic (exact) mass is 343 g/mol. The number of aryl methyl sites for hydroxylation is 1. The number of piperidine rings is 1. The number of urea groups is 1. The third kappa shape index (κ3) is 3.75. The van der Waals surface area contributed by atoms with Gasteiger partial charge in [0.2, 0.25) is 0 Å². The number of nitrogens with zero attached hydrogens (tertiary/aromatic N) is 4. The van der Waals surface area contributed by atoms with Crippen molar-refractivity contribution < 1.29 is 4.79 Å². The molecule has 134 valence electrons. The zero-order valence-electron chi connectivity index (χ0n) is 14.8. The van der Waals surface area contributed by atoms with Gasteiger partial charge in [-0.3, -0.25) is 4.57 Å². The number of hydrogen-bond acceptors (Lipinski definition) is 3. The lowest BCUT2D eigenvalue weighted by Gasteiger charge is -2.32. The Morgan fingerprint density at radius 1 is 1.32 bits per heavy atom. The van der Waals surface area contributed by atoms with Crippen molar-refractivity contribution in [3.8, 4) is 0 Å². The number of likely N-dealkylation sites (tertiary alicyclic amines) is 1. The fourth-order valence-corrected chi connectivity index (χ4v) is 3.38. The first-order valence-corrected chi connectivity index (χ1v) is 8.80. The molecular formula is C18H25N5O2. The summed E-state index contributed by atoms with van der Waals surface area (Å²) in [5.41, 5.74) is 0.948. The van der Waals surface area contributed by atoms with Crippen LogP contribution in [0.3, 0.4) is 0 Å². The molecule has 2 heterocycles. The third-order valence-corrected chi connectivity index (χ3v) is 4.62. The second kappa shape index (κ2) is 7.55. The molecule has 0 bridgehead atoms. The molecule has 2 amide bonds. The van der Waals surface area contributed by atoms with Crippen LogP contribution in [0.4, 0.5) is 4.79 Å². The Hall–Kier alpha value is -2.57. The summed E-state index contributed by atoms with van der Waals surface area (Å²) in [4.78, 5) is 26.5. The van der Waals surface area contributed by atoms with Crippen molar-refractivity contribution in [3.63, 3.8) is 0 Å². The van der Waals surface area contributed by atoms with Crippen molar-refractivity contribution in [3.05, 3.63) is 52.2 Å². The molecule has 0 radical (unpaired) electrons. The third-order valence-electron chi connectivity index (χ3n) is 4.62. The quantitative estimate of drug-likeness (QED) is 0.915. The van der Waals surface area contributed by atoms with Gasteiger partial charge in [0, 0.05) is 32.6 Å². The van der Waals surface area contributed by atoms with E-state index in [-0.39, 0.29) is 17.6 Å². The largest absolute Gasteiger partial charge is 0.345 e. The van der Waals surface area contributed by atoms with Gasteiger partial charge >= 0.3 is 11.7 Å². The van der Waals surface area contributed by atoms with Gasteiger partial charge in [0.1, 0.15) is 5.82 Å². The minimum Gasteiger partial charge on any atom is -0.338 e. The molecule has 3 rings (SSSR count). The highest BCUT2D eigenvalue weighted by molar-refractivity contribution is 5.74. The number of benzene rings is 1. The Kier molecular flexibility index (Phi) is 5.21. The summed E-state index contributed by atoms with van der Waals surface area (Å²) in [6.45, 7) is 4.37. The molecule has 1 aromatic heterocycles. The van der Waals surface area contributed by atoms with Gasteiger partial charge in [-0.15, -0.1) is 0 Å². The van der Waals surface area contributed by atoms with Gasteiger partial charge < -0.3 is 10.2 Å². The van der Waals surface area contributed by atoms with Crippen LogP contribution in [0.15, 0.2) is 35.1 Å². The standard InChI is InChI=1S/C18H25N5O2/c1-3-19-17(24)22-11-7-10-15(13-22)16-20-21(2)18(25)23(16)12-14-8-5-4-6-9-14/h4-6,8-9,15H,3,7,10-13H2,1-2H3,(H,19,24). The molecular weight excluding hydrogens is 318 g/mol. The first-order chi connectivity index (χ1) is 12.1.